The van der Waals surface area contributed by atoms with E-state index in [0.29, 0.717) is 12.6 Å². The fraction of sp³-hybridized carbons (Fsp3) is 0.538. The quantitative estimate of drug-likeness (QED) is 0.872. The average Bonchev–Trinajstić information content (AvgIpc) is 2.28. The molecule has 0 atom stereocenters. The van der Waals surface area contributed by atoms with Crippen LogP contribution >= 0.6 is 0 Å². The first-order valence-electron chi connectivity index (χ1n) is 6.13. The third-order valence-corrected chi connectivity index (χ3v) is 4.08. The lowest BCUT2D eigenvalue weighted by Crippen LogP contribution is -2.40. The lowest BCUT2D eigenvalue weighted by atomic mass is 9.93. The lowest BCUT2D eigenvalue weighted by molar-refractivity contribution is 0.242. The van der Waals surface area contributed by atoms with Gasteiger partial charge in [0.25, 0.3) is 0 Å². The van der Waals surface area contributed by atoms with Crippen molar-refractivity contribution in [2.45, 2.75) is 18.7 Å². The van der Waals surface area contributed by atoms with Crippen molar-refractivity contribution < 1.29 is 17.2 Å². The van der Waals surface area contributed by atoms with Gasteiger partial charge in [-0.15, -0.1) is 0 Å². The highest BCUT2D eigenvalue weighted by molar-refractivity contribution is 7.89. The summed E-state index contributed by atoms with van der Waals surface area (Å²) in [5.74, 6) is -1.76. The van der Waals surface area contributed by atoms with Crippen LogP contribution in [0.1, 0.15) is 13.8 Å². The highest BCUT2D eigenvalue weighted by atomic mass is 32.2. The third-order valence-electron chi connectivity index (χ3n) is 2.67. The molecule has 0 saturated heterocycles. The molecule has 0 bridgehead atoms. The number of nitrogens with one attached hydrogen (secondary N) is 1. The summed E-state index contributed by atoms with van der Waals surface area (Å²) in [6, 6.07) is 2.36. The summed E-state index contributed by atoms with van der Waals surface area (Å²) in [5.41, 5.74) is -0.333. The van der Waals surface area contributed by atoms with Gasteiger partial charge in [0.15, 0.2) is 0 Å². The number of hydrogen-bond donors (Lipinski definition) is 1. The Balaban J connectivity index is 2.88. The number of hydrogen-bond acceptors (Lipinski definition) is 3. The zero-order valence-electron chi connectivity index (χ0n) is 12.1. The number of nitrogens with zero attached hydrogens (tertiary/aromatic N) is 1. The van der Waals surface area contributed by atoms with Crippen LogP contribution in [0, 0.1) is 17.0 Å². The van der Waals surface area contributed by atoms with Gasteiger partial charge in [0.2, 0.25) is 10.0 Å². The topological polar surface area (TPSA) is 49.4 Å². The first-order valence-corrected chi connectivity index (χ1v) is 7.61. The van der Waals surface area contributed by atoms with E-state index in [0.717, 1.165) is 12.1 Å². The maximum atomic E-state index is 13.5. The van der Waals surface area contributed by atoms with Gasteiger partial charge >= 0.3 is 0 Å². The maximum Gasteiger partial charge on any atom is 0.243 e. The Morgan fingerprint density at radius 2 is 1.85 bits per heavy atom. The average molecular weight is 306 g/mol. The fourth-order valence-electron chi connectivity index (χ4n) is 1.96. The third kappa shape index (κ3) is 4.81. The molecule has 7 heteroatoms. The number of rotatable bonds is 6. The van der Waals surface area contributed by atoms with Gasteiger partial charge in [-0.1, -0.05) is 13.8 Å². The summed E-state index contributed by atoms with van der Waals surface area (Å²) in [6.07, 6.45) is 0. The van der Waals surface area contributed by atoms with E-state index in [1.165, 1.54) is 0 Å². The Morgan fingerprint density at radius 3 is 2.40 bits per heavy atom. The minimum Gasteiger partial charge on any atom is -0.309 e. The number of halogens is 2. The van der Waals surface area contributed by atoms with E-state index < -0.39 is 26.6 Å². The SMILES string of the molecule is CN(C)CC(C)(C)CNS(=O)(=O)c1cc(F)ccc1F. The predicted molar refractivity (Wildman–Crippen MR) is 73.9 cm³/mol. The monoisotopic (exact) mass is 306 g/mol. The van der Waals surface area contributed by atoms with Crippen LogP contribution in [-0.4, -0.2) is 40.5 Å². The smallest absolute Gasteiger partial charge is 0.243 e. The Morgan fingerprint density at radius 1 is 1.25 bits per heavy atom. The minimum absolute atomic E-state index is 0.128. The van der Waals surface area contributed by atoms with E-state index in [2.05, 4.69) is 4.72 Å². The Kier molecular flexibility index (Phi) is 5.23. The van der Waals surface area contributed by atoms with Crippen molar-refractivity contribution in [1.82, 2.24) is 9.62 Å². The molecular formula is C13H20F2N2O2S. The van der Waals surface area contributed by atoms with Crippen LogP contribution in [0.4, 0.5) is 8.78 Å². The fourth-order valence-corrected chi connectivity index (χ4v) is 3.29. The van der Waals surface area contributed by atoms with Gasteiger partial charge in [-0.3, -0.25) is 0 Å². The van der Waals surface area contributed by atoms with E-state index >= 15 is 0 Å². The summed E-state index contributed by atoms with van der Waals surface area (Å²) >= 11 is 0. The van der Waals surface area contributed by atoms with Gasteiger partial charge in [-0.05, 0) is 37.7 Å². The molecule has 0 saturated carbocycles. The van der Waals surface area contributed by atoms with E-state index in [1.54, 1.807) is 0 Å². The van der Waals surface area contributed by atoms with Gasteiger partial charge in [0.05, 0.1) is 0 Å². The van der Waals surface area contributed by atoms with E-state index in [4.69, 9.17) is 0 Å². The molecule has 4 nitrogen and oxygen atoms in total. The molecule has 0 amide bonds. The van der Waals surface area contributed by atoms with Crippen molar-refractivity contribution in [3.05, 3.63) is 29.8 Å². The van der Waals surface area contributed by atoms with Crippen LogP contribution in [0.25, 0.3) is 0 Å². The Hall–Kier alpha value is -1.05. The molecule has 0 radical (unpaired) electrons. The second-order valence-corrected chi connectivity index (χ2v) is 7.54. The van der Waals surface area contributed by atoms with E-state index in [-0.39, 0.29) is 12.0 Å². The standard InChI is InChI=1S/C13H20F2N2O2S/c1-13(2,9-17(3)4)8-16-20(18,19)12-7-10(14)5-6-11(12)15/h5-7,16H,8-9H2,1-4H3. The van der Waals surface area contributed by atoms with Gasteiger partial charge in [-0.2, -0.15) is 0 Å². The highest BCUT2D eigenvalue weighted by Crippen LogP contribution is 2.19. The van der Waals surface area contributed by atoms with Crippen molar-refractivity contribution >= 4 is 10.0 Å². The van der Waals surface area contributed by atoms with Crippen LogP contribution in [0.5, 0.6) is 0 Å². The molecule has 1 N–H and O–H groups in total. The Bertz CT molecular complexity index is 572. The molecule has 0 aliphatic rings. The molecular weight excluding hydrogens is 286 g/mol. The maximum absolute atomic E-state index is 13.5. The molecule has 0 spiro atoms. The zero-order valence-corrected chi connectivity index (χ0v) is 12.9. The Labute approximate surface area is 118 Å². The summed E-state index contributed by atoms with van der Waals surface area (Å²) in [7, 11) is -0.311. The van der Waals surface area contributed by atoms with E-state index in [1.807, 2.05) is 32.8 Å². The van der Waals surface area contributed by atoms with Gasteiger partial charge in [0.1, 0.15) is 16.5 Å². The molecule has 1 aromatic rings. The van der Waals surface area contributed by atoms with Gasteiger partial charge < -0.3 is 4.90 Å². The summed E-state index contributed by atoms with van der Waals surface area (Å²) in [6.45, 7) is 4.56. The second kappa shape index (κ2) is 6.15. The molecule has 0 fully saturated rings. The van der Waals surface area contributed by atoms with Crippen molar-refractivity contribution in [1.29, 1.82) is 0 Å². The molecule has 20 heavy (non-hydrogen) atoms. The molecule has 114 valence electrons. The van der Waals surface area contributed by atoms with Crippen molar-refractivity contribution in [2.75, 3.05) is 27.2 Å². The van der Waals surface area contributed by atoms with Crippen molar-refractivity contribution in [2.24, 2.45) is 5.41 Å². The van der Waals surface area contributed by atoms with Crippen molar-refractivity contribution in [3.63, 3.8) is 0 Å². The largest absolute Gasteiger partial charge is 0.309 e. The summed E-state index contributed by atoms with van der Waals surface area (Å²) in [5, 5.41) is 0. The predicted octanol–water partition coefficient (Wildman–Crippen LogP) is 1.83. The normalized spacial score (nSPS) is 12.9. The van der Waals surface area contributed by atoms with Gasteiger partial charge in [0, 0.05) is 13.1 Å². The van der Waals surface area contributed by atoms with Crippen molar-refractivity contribution in [3.8, 4) is 0 Å². The summed E-state index contributed by atoms with van der Waals surface area (Å²) < 4.78 is 52.9. The number of benzene rings is 1. The van der Waals surface area contributed by atoms with Crippen LogP contribution in [0.15, 0.2) is 23.1 Å². The van der Waals surface area contributed by atoms with Crippen LogP contribution in [-0.2, 0) is 10.0 Å². The van der Waals surface area contributed by atoms with Crippen LogP contribution in [0.2, 0.25) is 0 Å². The highest BCUT2D eigenvalue weighted by Gasteiger charge is 2.25. The minimum atomic E-state index is -4.07. The van der Waals surface area contributed by atoms with Crippen LogP contribution in [0.3, 0.4) is 0 Å². The molecule has 0 aliphatic carbocycles. The molecule has 0 heterocycles. The first-order chi connectivity index (χ1) is 9.03. The molecule has 1 aromatic carbocycles. The molecule has 1 rings (SSSR count). The molecule has 0 aromatic heterocycles. The van der Waals surface area contributed by atoms with E-state index in [9.17, 15) is 17.2 Å². The molecule has 0 aliphatic heterocycles. The zero-order chi connectivity index (χ0) is 15.6. The van der Waals surface area contributed by atoms with Crippen LogP contribution < -0.4 is 4.72 Å². The molecule has 0 unspecified atom stereocenters. The number of sulfonamides is 1. The summed E-state index contributed by atoms with van der Waals surface area (Å²) in [4.78, 5) is 1.26. The first kappa shape index (κ1) is 17.0. The lowest BCUT2D eigenvalue weighted by Gasteiger charge is -2.28. The van der Waals surface area contributed by atoms with Gasteiger partial charge in [-0.25, -0.2) is 21.9 Å². The second-order valence-electron chi connectivity index (χ2n) is 5.80.